The number of phenols is 3. The number of aliphatic hydroxyl groups excluding tert-OH is 2. The first-order chi connectivity index (χ1) is 30.0. The van der Waals surface area contributed by atoms with Crippen molar-refractivity contribution in [2.75, 3.05) is 20.8 Å². The van der Waals surface area contributed by atoms with Crippen molar-refractivity contribution in [3.63, 3.8) is 0 Å². The quantitative estimate of drug-likeness (QED) is 0.0400. The minimum Gasteiger partial charge on any atom is -0.508 e. The summed E-state index contributed by atoms with van der Waals surface area (Å²) >= 11 is 0. The second kappa shape index (κ2) is 19.9. The molecular formula is C52H60N2O8. The Kier molecular flexibility index (Phi) is 14.2. The number of carbonyl (C=O) groups is 1. The van der Waals surface area contributed by atoms with Crippen LogP contribution in [-0.4, -0.2) is 69.3 Å². The van der Waals surface area contributed by atoms with Gasteiger partial charge in [0, 0.05) is 37.3 Å². The van der Waals surface area contributed by atoms with Gasteiger partial charge in [0.05, 0.1) is 31.3 Å². The second-order valence-electron chi connectivity index (χ2n) is 17.0. The lowest BCUT2D eigenvalue weighted by Gasteiger charge is -2.34. The Morgan fingerprint density at radius 3 is 2.37 bits per heavy atom. The van der Waals surface area contributed by atoms with Crippen LogP contribution in [0.5, 0.6) is 28.7 Å². The molecule has 1 aliphatic rings. The van der Waals surface area contributed by atoms with Crippen molar-refractivity contribution in [1.29, 1.82) is 0 Å². The Labute approximate surface area is 364 Å². The number of hydrogen-bond acceptors (Lipinski definition) is 9. The number of aliphatic hydroxyl groups is 2. The number of fused-ring (bicyclic) bond motifs is 1. The summed E-state index contributed by atoms with van der Waals surface area (Å²) in [6, 6.07) is 27.9. The zero-order valence-electron chi connectivity index (χ0n) is 36.0. The van der Waals surface area contributed by atoms with Gasteiger partial charge in [0.15, 0.2) is 23.0 Å². The van der Waals surface area contributed by atoms with E-state index in [2.05, 4.69) is 41.5 Å². The molecule has 7 rings (SSSR count). The van der Waals surface area contributed by atoms with E-state index in [1.54, 1.807) is 44.5 Å². The minimum atomic E-state index is -1.58. The molecular weight excluding hydrogens is 781 g/mol. The smallest absolute Gasteiger partial charge is 0.164 e. The molecule has 6 aromatic rings. The van der Waals surface area contributed by atoms with Crippen molar-refractivity contribution in [3.8, 4) is 28.7 Å². The first kappa shape index (κ1) is 44.3. The lowest BCUT2D eigenvalue weighted by atomic mass is 9.70. The Balaban J connectivity index is 1.26. The predicted molar refractivity (Wildman–Crippen MR) is 242 cm³/mol. The maximum absolute atomic E-state index is 15.2. The highest BCUT2D eigenvalue weighted by molar-refractivity contribution is 5.91. The molecule has 3 unspecified atom stereocenters. The molecule has 0 bridgehead atoms. The van der Waals surface area contributed by atoms with E-state index in [1.807, 2.05) is 42.7 Å². The largest absolute Gasteiger partial charge is 0.508 e. The van der Waals surface area contributed by atoms with Gasteiger partial charge in [-0.1, -0.05) is 61.5 Å². The Morgan fingerprint density at radius 1 is 0.871 bits per heavy atom. The van der Waals surface area contributed by atoms with Crippen LogP contribution in [0.25, 0.3) is 10.8 Å². The summed E-state index contributed by atoms with van der Waals surface area (Å²) in [4.78, 5) is 18.3. The van der Waals surface area contributed by atoms with Gasteiger partial charge in [-0.05, 0) is 150 Å². The highest BCUT2D eigenvalue weighted by atomic mass is 16.5. The molecule has 3 atom stereocenters. The topological polar surface area (TPSA) is 164 Å². The molecule has 1 aliphatic carbocycles. The van der Waals surface area contributed by atoms with E-state index >= 15 is 4.79 Å². The van der Waals surface area contributed by atoms with Crippen LogP contribution < -0.4 is 14.8 Å². The van der Waals surface area contributed by atoms with E-state index in [4.69, 9.17) is 9.47 Å². The molecule has 326 valence electrons. The van der Waals surface area contributed by atoms with Crippen LogP contribution in [0.15, 0.2) is 103 Å². The van der Waals surface area contributed by atoms with E-state index in [1.165, 1.54) is 11.6 Å². The van der Waals surface area contributed by atoms with Gasteiger partial charge in [-0.15, -0.1) is 0 Å². The van der Waals surface area contributed by atoms with Gasteiger partial charge in [-0.25, -0.2) is 0 Å². The summed E-state index contributed by atoms with van der Waals surface area (Å²) in [7, 11) is 3.34. The summed E-state index contributed by atoms with van der Waals surface area (Å²) in [6.07, 6.45) is 8.20. The summed E-state index contributed by atoms with van der Waals surface area (Å²) < 4.78 is 12.1. The van der Waals surface area contributed by atoms with Crippen LogP contribution in [0.3, 0.4) is 0 Å². The maximum atomic E-state index is 15.2. The third kappa shape index (κ3) is 9.78. The molecule has 1 saturated carbocycles. The molecule has 0 aliphatic heterocycles. The van der Waals surface area contributed by atoms with E-state index in [0.717, 1.165) is 70.7 Å². The van der Waals surface area contributed by atoms with Crippen LogP contribution in [0.4, 0.5) is 0 Å². The number of aromatic hydroxyl groups is 3. The average molecular weight is 841 g/mol. The van der Waals surface area contributed by atoms with Crippen LogP contribution in [0.2, 0.25) is 0 Å². The van der Waals surface area contributed by atoms with Crippen molar-refractivity contribution in [2.45, 2.75) is 95.3 Å². The third-order valence-corrected chi connectivity index (χ3v) is 12.8. The van der Waals surface area contributed by atoms with E-state index in [0.29, 0.717) is 48.4 Å². The van der Waals surface area contributed by atoms with E-state index < -0.39 is 29.8 Å². The van der Waals surface area contributed by atoms with Crippen molar-refractivity contribution in [1.82, 2.24) is 10.3 Å². The molecule has 1 fully saturated rings. The van der Waals surface area contributed by atoms with Gasteiger partial charge < -0.3 is 45.3 Å². The summed E-state index contributed by atoms with van der Waals surface area (Å²) in [5.41, 5.74) is 5.16. The zero-order valence-corrected chi connectivity index (χ0v) is 36.0. The number of benzene rings is 5. The number of Topliss-reactive ketones (excluding diaryl/α,β-unsaturated/α-hetero) is 1. The van der Waals surface area contributed by atoms with Crippen LogP contribution >= 0.6 is 0 Å². The van der Waals surface area contributed by atoms with Gasteiger partial charge >= 0.3 is 0 Å². The fourth-order valence-corrected chi connectivity index (χ4v) is 9.48. The summed E-state index contributed by atoms with van der Waals surface area (Å²) in [5, 5.41) is 62.1. The molecule has 10 nitrogen and oxygen atoms in total. The third-order valence-electron chi connectivity index (χ3n) is 12.8. The monoisotopic (exact) mass is 840 g/mol. The normalized spacial score (nSPS) is 15.0. The number of aryl methyl sites for hydroxylation is 1. The molecule has 0 saturated heterocycles. The van der Waals surface area contributed by atoms with E-state index in [9.17, 15) is 25.5 Å². The van der Waals surface area contributed by atoms with Crippen molar-refractivity contribution < 1.29 is 39.8 Å². The van der Waals surface area contributed by atoms with Gasteiger partial charge in [0.2, 0.25) is 0 Å². The Hall–Kier alpha value is -5.81. The molecule has 1 aromatic heterocycles. The van der Waals surface area contributed by atoms with Crippen molar-refractivity contribution in [3.05, 3.63) is 148 Å². The second-order valence-corrected chi connectivity index (χ2v) is 17.0. The highest BCUT2D eigenvalue weighted by Crippen LogP contribution is 2.41. The fourth-order valence-electron chi connectivity index (χ4n) is 9.48. The zero-order chi connectivity index (χ0) is 43.8. The van der Waals surface area contributed by atoms with Crippen molar-refractivity contribution >= 4 is 16.6 Å². The number of aromatic amines is 1. The Morgan fingerprint density at radius 2 is 1.65 bits per heavy atom. The van der Waals surface area contributed by atoms with Crippen LogP contribution in [0, 0.1) is 5.92 Å². The van der Waals surface area contributed by atoms with Gasteiger partial charge in [-0.2, -0.15) is 0 Å². The number of ether oxygens (including phenoxy) is 2. The fraction of sp³-hybridized carbons (Fsp3) is 0.365. The van der Waals surface area contributed by atoms with Crippen LogP contribution in [-0.2, 0) is 48.9 Å². The van der Waals surface area contributed by atoms with Gasteiger partial charge in [0.1, 0.15) is 11.5 Å². The standard InChI is InChI=1S/C52H60N2O8/c1-4-36-14-15-37-9-5-8-12-43(37)44(36)27-45-38(16-18-47(58)51(45)61-3)25-39(21-34-19-20-54-31-34)48(59)28-50(60)52(32-55,40-22-35(30-53-2)23-41(56)26-40)29-33-13-17-46(57)49(24-33)62-42-10-6-7-11-42/h5,8-9,12-20,22-24,26,31,39,42,48,53-59H,4,6-7,10-11,21,25,27-30,32H2,1-3H3. The summed E-state index contributed by atoms with van der Waals surface area (Å²) in [6.45, 7) is 1.94. The molecule has 7 N–H and O–H groups in total. The molecule has 0 amide bonds. The molecule has 1 heterocycles. The number of rotatable bonds is 20. The molecule has 5 aromatic carbocycles. The first-order valence-electron chi connectivity index (χ1n) is 21.8. The number of carbonyl (C=O) groups excluding carboxylic acids is 1. The number of phenolic OH excluding ortho intramolecular Hbond substituents is 3. The molecule has 10 heteroatoms. The first-order valence-corrected chi connectivity index (χ1v) is 21.8. The van der Waals surface area contributed by atoms with Crippen molar-refractivity contribution in [2.24, 2.45) is 5.92 Å². The summed E-state index contributed by atoms with van der Waals surface area (Å²) in [5.74, 6) is -0.227. The molecule has 62 heavy (non-hydrogen) atoms. The maximum Gasteiger partial charge on any atom is 0.164 e. The van der Waals surface area contributed by atoms with Gasteiger partial charge in [0.25, 0.3) is 0 Å². The van der Waals surface area contributed by atoms with Gasteiger partial charge in [-0.3, -0.25) is 4.79 Å². The predicted octanol–water partition coefficient (Wildman–Crippen LogP) is 8.38. The average Bonchev–Trinajstić information content (AvgIpc) is 3.99. The number of nitrogens with one attached hydrogen (secondary N) is 2. The molecule has 0 radical (unpaired) electrons. The Bertz CT molecular complexity index is 2460. The number of ketones is 1. The number of hydrogen-bond donors (Lipinski definition) is 7. The lowest BCUT2D eigenvalue weighted by molar-refractivity contribution is -0.129. The lowest BCUT2D eigenvalue weighted by Crippen LogP contribution is -2.44. The molecule has 0 spiro atoms. The number of methoxy groups -OCH3 is 1. The minimum absolute atomic E-state index is 0.00476. The number of aromatic nitrogens is 1. The van der Waals surface area contributed by atoms with Crippen LogP contribution in [0.1, 0.15) is 83.5 Å². The van der Waals surface area contributed by atoms with E-state index in [-0.39, 0.29) is 36.2 Å². The highest BCUT2D eigenvalue weighted by Gasteiger charge is 2.42. The SMILES string of the molecule is CCc1ccc2ccccc2c1Cc1c(CC(Cc2cc[nH]c2)C(O)CC(=O)C(CO)(Cc2ccc(O)c(OC3CCCC3)c2)c2cc(O)cc(CNC)c2)ccc(O)c1OC. The number of H-pyrrole nitrogens is 1.